The Bertz CT molecular complexity index is 1130. The van der Waals surface area contributed by atoms with E-state index in [0.717, 1.165) is 10.6 Å². The molecule has 2 aromatic carbocycles. The zero-order valence-corrected chi connectivity index (χ0v) is 21.9. The number of nitrogens with zero attached hydrogens (tertiary/aromatic N) is 2. The predicted molar refractivity (Wildman–Crippen MR) is 135 cm³/mol. The van der Waals surface area contributed by atoms with Crippen LogP contribution in [0.3, 0.4) is 0 Å². The zero-order chi connectivity index (χ0) is 25.5. The van der Waals surface area contributed by atoms with Crippen LogP contribution in [0.5, 0.6) is 5.75 Å². The third-order valence-electron chi connectivity index (χ3n) is 5.14. The number of amides is 2. The van der Waals surface area contributed by atoms with Crippen LogP contribution in [-0.2, 0) is 26.2 Å². The zero-order valence-electron chi connectivity index (χ0n) is 19.5. The summed E-state index contributed by atoms with van der Waals surface area (Å²) >= 11 is 12.5. The number of methoxy groups -OCH3 is 1. The minimum absolute atomic E-state index is 0.0368. The van der Waals surface area contributed by atoms with Crippen LogP contribution in [0.15, 0.2) is 42.5 Å². The highest BCUT2D eigenvalue weighted by molar-refractivity contribution is 7.92. The van der Waals surface area contributed by atoms with E-state index in [1.807, 2.05) is 0 Å². The van der Waals surface area contributed by atoms with Crippen LogP contribution in [0.2, 0.25) is 10.0 Å². The van der Waals surface area contributed by atoms with Crippen molar-refractivity contribution in [3.8, 4) is 5.75 Å². The van der Waals surface area contributed by atoms with Crippen LogP contribution in [0.25, 0.3) is 0 Å². The number of anilines is 1. The van der Waals surface area contributed by atoms with Crippen molar-refractivity contribution >= 4 is 50.7 Å². The van der Waals surface area contributed by atoms with Gasteiger partial charge in [0.25, 0.3) is 0 Å². The van der Waals surface area contributed by atoms with Crippen LogP contribution >= 0.6 is 23.2 Å². The number of hydrogen-bond acceptors (Lipinski definition) is 5. The summed E-state index contributed by atoms with van der Waals surface area (Å²) in [6.07, 6.45) is 1.33. The summed E-state index contributed by atoms with van der Waals surface area (Å²) in [7, 11) is -2.43. The van der Waals surface area contributed by atoms with Crippen molar-refractivity contribution < 1.29 is 22.7 Å². The molecule has 11 heteroatoms. The topological polar surface area (TPSA) is 96.0 Å². The van der Waals surface area contributed by atoms with Gasteiger partial charge in [-0.05, 0) is 43.2 Å². The Morgan fingerprint density at radius 1 is 1.09 bits per heavy atom. The molecule has 0 spiro atoms. The lowest BCUT2D eigenvalue weighted by Gasteiger charge is -2.33. The van der Waals surface area contributed by atoms with Crippen LogP contribution in [0, 0.1) is 0 Å². The molecule has 2 rings (SSSR count). The van der Waals surface area contributed by atoms with Crippen molar-refractivity contribution in [2.45, 2.75) is 32.9 Å². The van der Waals surface area contributed by atoms with E-state index in [9.17, 15) is 18.0 Å². The van der Waals surface area contributed by atoms with Gasteiger partial charge in [-0.15, -0.1) is 0 Å². The Labute approximate surface area is 210 Å². The van der Waals surface area contributed by atoms with E-state index < -0.39 is 28.5 Å². The number of sulfonamides is 1. The highest BCUT2D eigenvalue weighted by Gasteiger charge is 2.32. The monoisotopic (exact) mass is 529 g/mol. The number of nitrogens with one attached hydrogen (secondary N) is 1. The molecule has 8 nitrogen and oxygen atoms in total. The van der Waals surface area contributed by atoms with Crippen LogP contribution < -0.4 is 14.4 Å². The van der Waals surface area contributed by atoms with Crippen molar-refractivity contribution in [3.05, 3.63) is 58.1 Å². The first-order valence-corrected chi connectivity index (χ1v) is 13.3. The molecular formula is C23H29Cl2N3O5S. The smallest absolute Gasteiger partial charge is 0.244 e. The fourth-order valence-electron chi connectivity index (χ4n) is 3.45. The molecule has 1 N–H and O–H groups in total. The molecule has 0 unspecified atom stereocenters. The van der Waals surface area contributed by atoms with E-state index in [2.05, 4.69) is 5.32 Å². The van der Waals surface area contributed by atoms with Gasteiger partial charge in [-0.3, -0.25) is 13.9 Å². The maximum Gasteiger partial charge on any atom is 0.244 e. The van der Waals surface area contributed by atoms with Gasteiger partial charge >= 0.3 is 0 Å². The molecule has 0 fully saturated rings. The molecule has 0 heterocycles. The van der Waals surface area contributed by atoms with E-state index >= 15 is 0 Å². The number of halogens is 2. The standard InChI is InChI=1S/C23H29Cl2N3O5S/c1-5-20(23(30)26-6-2)27(14-16-9-7-8-10-18(16)24)22(29)15-28(34(4,31)32)17-11-12-21(33-3)19(25)13-17/h7-13,20H,5-6,14-15H2,1-4H3,(H,26,30)/t20-/m0/s1. The second kappa shape index (κ2) is 12.3. The lowest BCUT2D eigenvalue weighted by molar-refractivity contribution is -0.140. The maximum absolute atomic E-state index is 13.5. The van der Waals surface area contributed by atoms with Gasteiger partial charge in [0.15, 0.2) is 0 Å². The van der Waals surface area contributed by atoms with Gasteiger partial charge < -0.3 is 15.0 Å². The molecular weight excluding hydrogens is 501 g/mol. The number of hydrogen-bond donors (Lipinski definition) is 1. The first-order chi connectivity index (χ1) is 16.0. The number of benzene rings is 2. The van der Waals surface area contributed by atoms with Crippen molar-refractivity contribution in [1.29, 1.82) is 0 Å². The molecule has 186 valence electrons. The molecule has 0 saturated carbocycles. The summed E-state index contributed by atoms with van der Waals surface area (Å²) < 4.78 is 31.3. The van der Waals surface area contributed by atoms with Crippen LogP contribution in [-0.4, -0.2) is 57.6 Å². The second-order valence-corrected chi connectivity index (χ2v) is 10.2. The Morgan fingerprint density at radius 3 is 2.29 bits per heavy atom. The summed E-state index contributed by atoms with van der Waals surface area (Å²) in [4.78, 5) is 27.7. The fraction of sp³-hybridized carbons (Fsp3) is 0.391. The Hall–Kier alpha value is -2.49. The normalized spacial score (nSPS) is 12.1. The maximum atomic E-state index is 13.5. The third kappa shape index (κ3) is 7.01. The van der Waals surface area contributed by atoms with Gasteiger partial charge in [0, 0.05) is 18.1 Å². The number of rotatable bonds is 11. The summed E-state index contributed by atoms with van der Waals surface area (Å²) in [5.74, 6) is -0.521. The summed E-state index contributed by atoms with van der Waals surface area (Å²) in [5, 5.41) is 3.37. The van der Waals surface area contributed by atoms with E-state index in [0.29, 0.717) is 29.3 Å². The molecule has 0 saturated heterocycles. The van der Waals surface area contributed by atoms with Crippen molar-refractivity contribution in [1.82, 2.24) is 10.2 Å². The summed E-state index contributed by atoms with van der Waals surface area (Å²) in [6, 6.07) is 10.6. The SMILES string of the molecule is CCNC(=O)[C@H](CC)N(Cc1ccccc1Cl)C(=O)CN(c1ccc(OC)c(Cl)c1)S(C)(=O)=O. The van der Waals surface area contributed by atoms with Gasteiger partial charge in [0.1, 0.15) is 18.3 Å². The van der Waals surface area contributed by atoms with Crippen molar-refractivity contribution in [2.75, 3.05) is 30.8 Å². The predicted octanol–water partition coefficient (Wildman–Crippen LogP) is 3.71. The molecule has 1 atom stereocenters. The number of carbonyl (C=O) groups is 2. The molecule has 0 aliphatic rings. The largest absolute Gasteiger partial charge is 0.495 e. The molecule has 0 radical (unpaired) electrons. The van der Waals surface area contributed by atoms with E-state index in [4.69, 9.17) is 27.9 Å². The molecule has 0 aliphatic carbocycles. The highest BCUT2D eigenvalue weighted by Crippen LogP contribution is 2.30. The Balaban J connectivity index is 2.47. The Kier molecular flexibility index (Phi) is 10.0. The average molecular weight is 530 g/mol. The van der Waals surface area contributed by atoms with Crippen molar-refractivity contribution in [3.63, 3.8) is 0 Å². The minimum Gasteiger partial charge on any atom is -0.495 e. The third-order valence-corrected chi connectivity index (χ3v) is 6.94. The lowest BCUT2D eigenvalue weighted by atomic mass is 10.1. The first-order valence-electron chi connectivity index (χ1n) is 10.6. The minimum atomic E-state index is -3.87. The molecule has 34 heavy (non-hydrogen) atoms. The van der Waals surface area contributed by atoms with Gasteiger partial charge in [-0.2, -0.15) is 0 Å². The van der Waals surface area contributed by atoms with Gasteiger partial charge in [0.05, 0.1) is 24.1 Å². The Morgan fingerprint density at radius 2 is 1.76 bits per heavy atom. The molecule has 2 aromatic rings. The van der Waals surface area contributed by atoms with Crippen LogP contribution in [0.1, 0.15) is 25.8 Å². The van der Waals surface area contributed by atoms with E-state index in [1.54, 1.807) is 38.1 Å². The van der Waals surface area contributed by atoms with Gasteiger partial charge in [0.2, 0.25) is 21.8 Å². The first kappa shape index (κ1) is 27.8. The summed E-state index contributed by atoms with van der Waals surface area (Å²) in [5.41, 5.74) is 0.837. The fourth-order valence-corrected chi connectivity index (χ4v) is 4.73. The highest BCUT2D eigenvalue weighted by atomic mass is 35.5. The second-order valence-electron chi connectivity index (χ2n) is 7.52. The van der Waals surface area contributed by atoms with Crippen LogP contribution in [0.4, 0.5) is 5.69 Å². The molecule has 0 aliphatic heterocycles. The average Bonchev–Trinajstić information content (AvgIpc) is 2.77. The van der Waals surface area contributed by atoms with E-state index in [-0.39, 0.29) is 23.2 Å². The number of likely N-dealkylation sites (N-methyl/N-ethyl adjacent to an activating group) is 1. The van der Waals surface area contributed by atoms with E-state index in [1.165, 1.54) is 30.2 Å². The number of ether oxygens (including phenoxy) is 1. The van der Waals surface area contributed by atoms with Gasteiger partial charge in [-0.1, -0.05) is 48.3 Å². The van der Waals surface area contributed by atoms with Crippen molar-refractivity contribution in [2.24, 2.45) is 0 Å². The number of carbonyl (C=O) groups excluding carboxylic acids is 2. The molecule has 0 bridgehead atoms. The molecule has 2 amide bonds. The van der Waals surface area contributed by atoms with Gasteiger partial charge in [-0.25, -0.2) is 8.42 Å². The summed E-state index contributed by atoms with van der Waals surface area (Å²) in [6.45, 7) is 3.47. The molecule has 0 aromatic heterocycles. The lowest BCUT2D eigenvalue weighted by Crippen LogP contribution is -2.52. The quantitative estimate of drug-likeness (QED) is 0.478.